The molecule has 2 rings (SSSR count). The standard InChI is InChI=1S/C9H6N.ClH.Hg/c1-2-6-9-8(4-1)5-3-7-10-9;;/h1-5,7H;1H;/q;;+1/p-1. The van der Waals surface area contributed by atoms with E-state index >= 15 is 0 Å². The molecule has 0 bridgehead atoms. The Morgan fingerprint density at radius 3 is 2.83 bits per heavy atom. The number of fused-ring (bicyclic) bond motifs is 1. The van der Waals surface area contributed by atoms with Gasteiger partial charge in [-0.25, -0.2) is 0 Å². The van der Waals surface area contributed by atoms with E-state index in [9.17, 15) is 0 Å². The van der Waals surface area contributed by atoms with Gasteiger partial charge in [0.05, 0.1) is 0 Å². The van der Waals surface area contributed by atoms with Gasteiger partial charge in [0.2, 0.25) is 0 Å². The van der Waals surface area contributed by atoms with Crippen LogP contribution in [0.4, 0.5) is 0 Å². The Hall–Kier alpha value is -0.145. The zero-order chi connectivity index (χ0) is 8.39. The maximum absolute atomic E-state index is 5.99. The Kier molecular flexibility index (Phi) is 2.61. The molecule has 56 valence electrons. The first-order valence-electron chi connectivity index (χ1n) is 3.80. The summed E-state index contributed by atoms with van der Waals surface area (Å²) in [5.74, 6) is 0. The number of pyridine rings is 1. The molecule has 0 aliphatic carbocycles. The Balaban J connectivity index is 2.79. The molecule has 1 aromatic carbocycles. The molecule has 3 heteroatoms. The van der Waals surface area contributed by atoms with Crippen molar-refractivity contribution >= 4 is 22.2 Å². The van der Waals surface area contributed by atoms with E-state index in [0.29, 0.717) is 0 Å². The van der Waals surface area contributed by atoms with E-state index in [2.05, 4.69) is 29.2 Å². The van der Waals surface area contributed by atoms with Crippen molar-refractivity contribution in [3.05, 3.63) is 36.5 Å². The number of para-hydroxylation sites is 1. The first-order valence-corrected chi connectivity index (χ1v) is 13.3. The molecule has 0 aliphatic rings. The normalized spacial score (nSPS) is 9.75. The molecular weight excluding hydrogens is 358 g/mol. The summed E-state index contributed by atoms with van der Waals surface area (Å²) in [6.07, 6.45) is 1.83. The van der Waals surface area contributed by atoms with E-state index in [-0.39, 0.29) is 0 Å². The van der Waals surface area contributed by atoms with Crippen molar-refractivity contribution < 1.29 is 23.3 Å². The van der Waals surface area contributed by atoms with Gasteiger partial charge in [-0.05, 0) is 0 Å². The fourth-order valence-corrected chi connectivity index (χ4v) is 5.68. The number of aromatic nitrogens is 1. The Morgan fingerprint density at radius 1 is 1.17 bits per heavy atom. The van der Waals surface area contributed by atoms with Crippen LogP contribution in [0.3, 0.4) is 0 Å². The summed E-state index contributed by atoms with van der Waals surface area (Å²) >= 11 is -1.31. The van der Waals surface area contributed by atoms with Crippen molar-refractivity contribution in [2.24, 2.45) is 0 Å². The second kappa shape index (κ2) is 3.71. The van der Waals surface area contributed by atoms with Crippen LogP contribution in [0.15, 0.2) is 36.5 Å². The van der Waals surface area contributed by atoms with Crippen LogP contribution in [0.2, 0.25) is 0 Å². The van der Waals surface area contributed by atoms with Crippen molar-refractivity contribution in [3.8, 4) is 0 Å². The molecular formula is C9H6ClHgN. The van der Waals surface area contributed by atoms with Gasteiger partial charge >= 0.3 is 87.1 Å². The fourth-order valence-electron chi connectivity index (χ4n) is 1.28. The van der Waals surface area contributed by atoms with Crippen LogP contribution in [0.1, 0.15) is 0 Å². The van der Waals surface area contributed by atoms with Gasteiger partial charge in [0.15, 0.2) is 0 Å². The second-order valence-corrected chi connectivity index (χ2v) is 8.97. The molecule has 1 nitrogen and oxygen atoms in total. The molecule has 0 radical (unpaired) electrons. The zero-order valence-corrected chi connectivity index (χ0v) is 12.8. The van der Waals surface area contributed by atoms with Crippen molar-refractivity contribution in [1.29, 1.82) is 0 Å². The van der Waals surface area contributed by atoms with Crippen LogP contribution in [0.5, 0.6) is 0 Å². The van der Waals surface area contributed by atoms with Gasteiger partial charge in [-0.15, -0.1) is 0 Å². The fraction of sp³-hybridized carbons (Fsp3) is 0. The van der Waals surface area contributed by atoms with E-state index in [1.807, 2.05) is 12.3 Å². The molecule has 0 saturated heterocycles. The van der Waals surface area contributed by atoms with Crippen molar-refractivity contribution in [2.75, 3.05) is 0 Å². The third-order valence-electron chi connectivity index (χ3n) is 1.86. The van der Waals surface area contributed by atoms with Gasteiger partial charge < -0.3 is 0 Å². The van der Waals surface area contributed by atoms with Gasteiger partial charge in [0.1, 0.15) is 0 Å². The first kappa shape index (κ1) is 8.45. The van der Waals surface area contributed by atoms with Gasteiger partial charge in [0.25, 0.3) is 0 Å². The van der Waals surface area contributed by atoms with E-state index in [1.165, 1.54) is 8.46 Å². The summed E-state index contributed by atoms with van der Waals surface area (Å²) in [4.78, 5) is 4.32. The molecule has 0 amide bonds. The average molecular weight is 364 g/mol. The summed E-state index contributed by atoms with van der Waals surface area (Å²) < 4.78 is 1.31. The van der Waals surface area contributed by atoms with Crippen LogP contribution in [0, 0.1) is 0 Å². The Morgan fingerprint density at radius 2 is 2.00 bits per heavy atom. The van der Waals surface area contributed by atoms with Crippen molar-refractivity contribution in [1.82, 2.24) is 4.98 Å². The summed E-state index contributed by atoms with van der Waals surface area (Å²) in [6.45, 7) is 0. The molecule has 2 aromatic rings. The molecule has 0 atom stereocenters. The summed E-state index contributed by atoms with van der Waals surface area (Å²) in [7, 11) is 5.99. The molecule has 0 saturated carbocycles. The molecule has 0 spiro atoms. The van der Waals surface area contributed by atoms with Crippen molar-refractivity contribution in [2.45, 2.75) is 0 Å². The van der Waals surface area contributed by atoms with Gasteiger partial charge in [-0.1, -0.05) is 0 Å². The number of benzene rings is 1. The van der Waals surface area contributed by atoms with Crippen LogP contribution in [0.25, 0.3) is 10.9 Å². The molecule has 0 fully saturated rings. The molecule has 1 heterocycles. The number of hydrogen-bond donors (Lipinski definition) is 0. The minimum atomic E-state index is -1.31. The van der Waals surface area contributed by atoms with Crippen LogP contribution >= 0.6 is 8.25 Å². The van der Waals surface area contributed by atoms with Crippen molar-refractivity contribution in [3.63, 3.8) is 0 Å². The predicted molar refractivity (Wildman–Crippen MR) is 47.2 cm³/mol. The number of rotatable bonds is 1. The molecule has 0 aliphatic heterocycles. The van der Waals surface area contributed by atoms with E-state index in [4.69, 9.17) is 8.25 Å². The first-order chi connectivity index (χ1) is 5.92. The number of nitrogens with zero attached hydrogens (tertiary/aromatic N) is 1. The maximum atomic E-state index is 5.99. The van der Waals surface area contributed by atoms with E-state index in [0.717, 1.165) is 5.52 Å². The quantitative estimate of drug-likeness (QED) is 0.707. The summed E-state index contributed by atoms with van der Waals surface area (Å²) in [6, 6.07) is 10.3. The van der Waals surface area contributed by atoms with Crippen LogP contribution in [-0.4, -0.2) is 4.98 Å². The molecule has 1 aromatic heterocycles. The van der Waals surface area contributed by atoms with Gasteiger partial charge in [-0.3, -0.25) is 0 Å². The zero-order valence-electron chi connectivity index (χ0n) is 6.50. The van der Waals surface area contributed by atoms with E-state index < -0.39 is 23.3 Å². The average Bonchev–Trinajstić information content (AvgIpc) is 2.17. The summed E-state index contributed by atoms with van der Waals surface area (Å²) in [5, 5.41) is 1.20. The van der Waals surface area contributed by atoms with E-state index in [1.54, 1.807) is 0 Å². The minimum absolute atomic E-state index is 1.11. The Labute approximate surface area is 86.6 Å². The number of halogens is 1. The monoisotopic (exact) mass is 365 g/mol. The molecule has 0 N–H and O–H groups in total. The van der Waals surface area contributed by atoms with Gasteiger partial charge in [-0.2, -0.15) is 0 Å². The summed E-state index contributed by atoms with van der Waals surface area (Å²) in [5.41, 5.74) is 1.11. The molecule has 0 unspecified atom stereocenters. The van der Waals surface area contributed by atoms with Crippen LogP contribution in [-0.2, 0) is 23.3 Å². The van der Waals surface area contributed by atoms with Gasteiger partial charge in [0, 0.05) is 0 Å². The third-order valence-corrected chi connectivity index (χ3v) is 7.72. The third kappa shape index (κ3) is 1.48. The predicted octanol–water partition coefficient (Wildman–Crippen LogP) is 2.10. The second-order valence-electron chi connectivity index (χ2n) is 2.63. The SMILES string of the molecule is [Cl][Hg][c]1cccc2cccnc12. The topological polar surface area (TPSA) is 12.9 Å². The van der Waals surface area contributed by atoms with Crippen LogP contribution < -0.4 is 3.07 Å². The Bertz CT molecular complexity index is 397. The molecule has 12 heavy (non-hydrogen) atoms. The number of hydrogen-bond acceptors (Lipinski definition) is 1.